The first-order chi connectivity index (χ1) is 42.5. The average molecular weight is 1270 g/mol. The topological polar surface area (TPSA) is 342 Å². The second-order valence-electron chi connectivity index (χ2n) is 23.2. The van der Waals surface area contributed by atoms with Gasteiger partial charge in [-0.1, -0.05) is 175 Å². The second kappa shape index (κ2) is 34.9. The number of oxime groups is 1. The molecule has 0 saturated heterocycles. The lowest BCUT2D eigenvalue weighted by atomic mass is 10.0. The van der Waals surface area contributed by atoms with Crippen LogP contribution in [0.25, 0.3) is 0 Å². The molecule has 6 aromatic carbocycles. The zero-order valence-electron chi connectivity index (χ0n) is 51.9. The van der Waals surface area contributed by atoms with Crippen LogP contribution < -0.4 is 42.2 Å². The summed E-state index contributed by atoms with van der Waals surface area (Å²) in [6, 6.07) is 45.6. The largest absolute Gasteiger partial charge is 0.384 e. The molecule has 0 spiro atoms. The maximum atomic E-state index is 13.6. The van der Waals surface area contributed by atoms with E-state index in [2.05, 4.69) is 40.7 Å². The van der Waals surface area contributed by atoms with E-state index in [1.807, 2.05) is 60.7 Å². The number of sulfonamides is 2. The number of rotatable bonds is 31. The zero-order valence-corrected chi connectivity index (χ0v) is 53.5. The number of benzene rings is 6. The van der Waals surface area contributed by atoms with Gasteiger partial charge in [-0.2, -0.15) is 0 Å². The van der Waals surface area contributed by atoms with Crippen molar-refractivity contribution < 1.29 is 55.1 Å². The smallest absolute Gasteiger partial charge is 0.332 e. The van der Waals surface area contributed by atoms with Gasteiger partial charge in [0.1, 0.15) is 30.0 Å². The maximum absolute atomic E-state index is 13.6. The predicted molar refractivity (Wildman–Crippen MR) is 347 cm³/mol. The van der Waals surface area contributed by atoms with Gasteiger partial charge in [0, 0.05) is 31.1 Å². The second-order valence-corrected chi connectivity index (χ2v) is 26.7. The number of nitrogen functional groups attached to an aromatic ring is 1. The first-order valence-electron chi connectivity index (χ1n) is 29.2. The van der Waals surface area contributed by atoms with E-state index >= 15 is 0 Å². The highest BCUT2D eigenvalue weighted by Crippen LogP contribution is 2.15. The van der Waals surface area contributed by atoms with Crippen LogP contribution >= 0.6 is 0 Å². The third-order valence-electron chi connectivity index (χ3n) is 13.2. The molecule has 6 aromatic rings. The number of hydrogen-bond acceptors (Lipinski definition) is 14. The van der Waals surface area contributed by atoms with Crippen LogP contribution in [0.5, 0.6) is 0 Å². The maximum Gasteiger partial charge on any atom is 0.332 e. The van der Waals surface area contributed by atoms with Crippen LogP contribution in [0.15, 0.2) is 175 Å². The number of nitrogens with one attached hydrogen (secondary N) is 7. The molecule has 0 saturated carbocycles. The van der Waals surface area contributed by atoms with Gasteiger partial charge in [0.25, 0.3) is 0 Å². The fourth-order valence-electron chi connectivity index (χ4n) is 8.48. The SMILES string of the molecule is CC(=O)O/N=C(\N)c1ccc(CNC(=O)[C@H](CCc2ccccc2)NC(=O)[C@@H](COC(C)(C)C)NS(=O)(=O)Cc2ccccc2)cc1.CC(C)(C)OC[C@@H](NS(=O)(=O)Cc1ccccc1)C(=O)N[C@@H](CCc1ccccc1)C(=O)NCc1ccc(C(=N)N)cc1. The summed E-state index contributed by atoms with van der Waals surface area (Å²) < 4.78 is 68.9. The summed E-state index contributed by atoms with van der Waals surface area (Å²) in [6.45, 7) is 11.9. The quantitative estimate of drug-likeness (QED) is 0.0106. The Bertz CT molecular complexity index is 3540. The number of aryl methyl sites for hydroxylation is 2. The van der Waals surface area contributed by atoms with Crippen molar-refractivity contribution in [2.24, 2.45) is 16.6 Å². The van der Waals surface area contributed by atoms with Crippen molar-refractivity contribution in [3.63, 3.8) is 0 Å². The van der Waals surface area contributed by atoms with Gasteiger partial charge < -0.3 is 47.0 Å². The number of amidine groups is 2. The number of ether oxygens (including phenoxy) is 2. The van der Waals surface area contributed by atoms with Crippen molar-refractivity contribution in [1.29, 1.82) is 5.41 Å². The van der Waals surface area contributed by atoms with Crippen molar-refractivity contribution in [2.45, 2.75) is 134 Å². The van der Waals surface area contributed by atoms with Crippen LogP contribution in [0.3, 0.4) is 0 Å². The molecule has 0 aliphatic carbocycles. The molecule has 0 bridgehead atoms. The Hall–Kier alpha value is -8.65. The standard InChI is InChI=1S/C34H43N5O7S.C32H41N5O5S/c1-24(40)46-38-31(35)28-18-15-26(16-19-28)21-36-32(41)29(20-17-25-11-7-5-8-12-25)37-33(42)30(22-45-34(2,3)4)39-47(43,44)23-27-13-9-6-10-14-27;1-32(2,3)42-21-28(37-43(40,41)22-25-12-8-5-9-13-25)31(39)36-27(19-16-23-10-6-4-7-11-23)30(38)35-20-24-14-17-26(18-15-24)29(33)34/h5-16,18-19,29-30,39H,17,20-23H2,1-4H3,(H2,35,38)(H,36,41)(H,37,42);4-15,17-18,27-28,37H,16,19-22H2,1-3H3,(H3,33,34)(H,35,38)(H,36,39)/t29-,30+;27-,28+/m00/s1. The van der Waals surface area contributed by atoms with Gasteiger partial charge >= 0.3 is 5.97 Å². The third-order valence-corrected chi connectivity index (χ3v) is 15.9. The van der Waals surface area contributed by atoms with E-state index in [-0.39, 0.29) is 62.3 Å². The Morgan fingerprint density at radius 3 is 1.12 bits per heavy atom. The summed E-state index contributed by atoms with van der Waals surface area (Å²) in [5.74, 6) is -3.49. The molecule has 0 fully saturated rings. The summed E-state index contributed by atoms with van der Waals surface area (Å²) in [7, 11) is -7.88. The molecule has 482 valence electrons. The Balaban J connectivity index is 0.000000329. The van der Waals surface area contributed by atoms with E-state index in [0.717, 1.165) is 22.3 Å². The Morgan fingerprint density at radius 2 is 0.800 bits per heavy atom. The van der Waals surface area contributed by atoms with Gasteiger partial charge in [0.2, 0.25) is 43.7 Å². The average Bonchev–Trinajstić information content (AvgIpc) is 1.31. The molecule has 11 N–H and O–H groups in total. The van der Waals surface area contributed by atoms with Gasteiger partial charge in [-0.05, 0) is 101 Å². The predicted octanol–water partition coefficient (Wildman–Crippen LogP) is 5.91. The van der Waals surface area contributed by atoms with Crippen molar-refractivity contribution >= 4 is 61.3 Å². The highest BCUT2D eigenvalue weighted by Gasteiger charge is 2.32. The van der Waals surface area contributed by atoms with Crippen LogP contribution in [-0.2, 0) is 95.8 Å². The lowest BCUT2D eigenvalue weighted by Gasteiger charge is -2.26. The summed E-state index contributed by atoms with van der Waals surface area (Å²) in [4.78, 5) is 69.6. The zero-order chi connectivity index (χ0) is 65.9. The van der Waals surface area contributed by atoms with Crippen LogP contribution in [0.4, 0.5) is 0 Å². The summed E-state index contributed by atoms with van der Waals surface area (Å²) in [5, 5.41) is 22.3. The van der Waals surface area contributed by atoms with Crippen LogP contribution in [0.2, 0.25) is 0 Å². The molecular weight excluding hydrogens is 1190 g/mol. The lowest BCUT2D eigenvalue weighted by Crippen LogP contribution is -2.55. The highest BCUT2D eigenvalue weighted by atomic mass is 32.2. The van der Waals surface area contributed by atoms with Gasteiger partial charge in [0.05, 0.1) is 35.9 Å². The number of amides is 4. The third kappa shape index (κ3) is 27.8. The molecule has 90 heavy (non-hydrogen) atoms. The Labute approximate surface area is 528 Å². The lowest BCUT2D eigenvalue weighted by molar-refractivity contribution is -0.141. The highest BCUT2D eigenvalue weighted by molar-refractivity contribution is 7.89. The number of carbonyl (C=O) groups excluding carboxylic acids is 5. The van der Waals surface area contributed by atoms with Gasteiger partial charge in [0.15, 0.2) is 5.84 Å². The molecule has 0 aromatic heterocycles. The normalized spacial score (nSPS) is 13.2. The molecule has 0 unspecified atom stereocenters. The van der Waals surface area contributed by atoms with Crippen molar-refractivity contribution in [2.75, 3.05) is 13.2 Å². The summed E-state index contributed by atoms with van der Waals surface area (Å²) in [6.07, 6.45) is 1.54. The summed E-state index contributed by atoms with van der Waals surface area (Å²) in [5.41, 5.74) is 15.8. The molecule has 6 rings (SSSR count). The van der Waals surface area contributed by atoms with E-state index in [1.165, 1.54) is 6.92 Å². The minimum atomic E-state index is -3.96. The molecule has 24 heteroatoms. The molecule has 0 aliphatic heterocycles. The number of nitrogens with zero attached hydrogens (tertiary/aromatic N) is 1. The van der Waals surface area contributed by atoms with E-state index < -0.39 is 85.0 Å². The number of hydrogen-bond donors (Lipinski definition) is 9. The van der Waals surface area contributed by atoms with Crippen LogP contribution in [-0.4, -0.2) is 107 Å². The first-order valence-corrected chi connectivity index (χ1v) is 32.5. The summed E-state index contributed by atoms with van der Waals surface area (Å²) >= 11 is 0. The van der Waals surface area contributed by atoms with Crippen molar-refractivity contribution in [3.05, 3.63) is 214 Å². The van der Waals surface area contributed by atoms with Gasteiger partial charge in [-0.15, -0.1) is 0 Å². The molecule has 0 aliphatic rings. The molecular formula is C66H84N10O12S2. The van der Waals surface area contributed by atoms with E-state index in [1.54, 1.807) is 151 Å². The Morgan fingerprint density at radius 1 is 0.467 bits per heavy atom. The monoisotopic (exact) mass is 1270 g/mol. The number of carbonyl (C=O) groups is 5. The minimum absolute atomic E-state index is 0.0175. The first kappa shape index (κ1) is 72.1. The fourth-order valence-corrected chi connectivity index (χ4v) is 11.1. The Kier molecular flexibility index (Phi) is 28.0. The van der Waals surface area contributed by atoms with Crippen LogP contribution in [0.1, 0.15) is 106 Å². The van der Waals surface area contributed by atoms with Gasteiger partial charge in [-0.25, -0.2) is 31.1 Å². The van der Waals surface area contributed by atoms with Crippen LogP contribution in [0, 0.1) is 5.41 Å². The minimum Gasteiger partial charge on any atom is -0.384 e. The van der Waals surface area contributed by atoms with Crippen molar-refractivity contribution in [1.82, 2.24) is 30.7 Å². The van der Waals surface area contributed by atoms with E-state index in [9.17, 15) is 40.8 Å². The molecule has 22 nitrogen and oxygen atoms in total. The molecule has 4 atom stereocenters. The van der Waals surface area contributed by atoms with E-state index in [4.69, 9.17) is 26.4 Å². The van der Waals surface area contributed by atoms with Gasteiger partial charge in [-0.3, -0.25) is 24.6 Å². The van der Waals surface area contributed by atoms with Crippen molar-refractivity contribution in [3.8, 4) is 0 Å². The fraction of sp³-hybridized carbons (Fsp3) is 0.348. The molecule has 4 amide bonds. The van der Waals surface area contributed by atoms with E-state index in [0.29, 0.717) is 35.1 Å². The molecule has 0 radical (unpaired) electrons. The number of nitrogens with two attached hydrogens (primary N) is 2. The molecule has 0 heterocycles.